The average Bonchev–Trinajstić information content (AvgIpc) is 3.80. The summed E-state index contributed by atoms with van der Waals surface area (Å²) in [7, 11) is 0. The number of carboxylic acid groups (broad SMARTS) is 1. The number of nitrogens with one attached hydrogen (secondary N) is 5. The Bertz CT molecular complexity index is 1350. The number of nitrogens with zero attached hydrogens (tertiary/aromatic N) is 3. The van der Waals surface area contributed by atoms with Gasteiger partial charge >= 0.3 is 5.97 Å². The maximum absolute atomic E-state index is 13.8. The minimum Gasteiger partial charge on any atom is -0.480 e. The molecule has 2 heterocycles. The zero-order valence-corrected chi connectivity index (χ0v) is 29.9. The third-order valence-corrected chi connectivity index (χ3v) is 8.44. The highest BCUT2D eigenvalue weighted by molar-refractivity contribution is 5.96. The maximum atomic E-state index is 13.8. The third-order valence-electron chi connectivity index (χ3n) is 8.44. The van der Waals surface area contributed by atoms with E-state index in [0.29, 0.717) is 37.9 Å². The van der Waals surface area contributed by atoms with Crippen molar-refractivity contribution < 1.29 is 39.0 Å². The number of guanidine groups is 1. The number of unbranched alkanes of at least 4 members (excludes halogenated alkanes) is 1. The fraction of sp³-hybridized carbons (Fsp3) is 0.688. The van der Waals surface area contributed by atoms with Crippen molar-refractivity contribution in [2.45, 2.75) is 108 Å². The van der Waals surface area contributed by atoms with Crippen LogP contribution < -0.4 is 44.2 Å². The highest BCUT2D eigenvalue weighted by Gasteiger charge is 2.38. The van der Waals surface area contributed by atoms with Gasteiger partial charge in [0.2, 0.25) is 29.5 Å². The molecule has 1 fully saturated rings. The minimum atomic E-state index is -1.33. The number of aliphatic carboxylic acids is 1. The van der Waals surface area contributed by atoms with Crippen molar-refractivity contribution in [2.24, 2.45) is 33.8 Å². The SMILES string of the molecule is CC(C)C[C@H](NC(=O)[C@@H]1CCCN1C(=O)[C@@H](N)CO)C(=O)N[C@@H](CCCN=C(N)N)C(=O)N[C@@H](CCCCN)C(=O)N[C@@H](Cc1cnc[nH]1)C(=O)O. The van der Waals surface area contributed by atoms with E-state index >= 15 is 0 Å². The van der Waals surface area contributed by atoms with Crippen molar-refractivity contribution in [1.82, 2.24) is 36.1 Å². The molecule has 0 spiro atoms. The lowest BCUT2D eigenvalue weighted by Gasteiger charge is -2.29. The van der Waals surface area contributed by atoms with Crippen LogP contribution in [0, 0.1) is 5.92 Å². The number of aliphatic hydroxyl groups excluding tert-OH is 1. The van der Waals surface area contributed by atoms with E-state index in [1.54, 1.807) is 0 Å². The molecule has 0 unspecified atom stereocenters. The Morgan fingerprint density at radius 1 is 0.962 bits per heavy atom. The number of likely N-dealkylation sites (tertiary alicyclic amines) is 1. The van der Waals surface area contributed by atoms with Crippen LogP contribution in [-0.4, -0.2) is 129 Å². The van der Waals surface area contributed by atoms with E-state index in [0.717, 1.165) is 0 Å². The predicted molar refractivity (Wildman–Crippen MR) is 190 cm³/mol. The van der Waals surface area contributed by atoms with Gasteiger partial charge in [-0.3, -0.25) is 29.0 Å². The predicted octanol–water partition coefficient (Wildman–Crippen LogP) is -3.48. The van der Waals surface area contributed by atoms with Crippen molar-refractivity contribution in [1.29, 1.82) is 0 Å². The fourth-order valence-corrected chi connectivity index (χ4v) is 5.73. The van der Waals surface area contributed by atoms with Gasteiger partial charge in [0.15, 0.2) is 5.96 Å². The quantitative estimate of drug-likeness (QED) is 0.0296. The van der Waals surface area contributed by atoms with Gasteiger partial charge in [0.05, 0.1) is 12.9 Å². The largest absolute Gasteiger partial charge is 0.480 e. The molecular formula is C32H56N12O8. The second-order valence-corrected chi connectivity index (χ2v) is 13.2. The molecule has 1 aromatic rings. The van der Waals surface area contributed by atoms with Crippen molar-refractivity contribution in [3.8, 4) is 0 Å². The van der Waals surface area contributed by atoms with Gasteiger partial charge in [0.25, 0.3) is 0 Å². The van der Waals surface area contributed by atoms with Crippen molar-refractivity contribution in [2.75, 3.05) is 26.2 Å². The highest BCUT2D eigenvalue weighted by Crippen LogP contribution is 2.19. The fourth-order valence-electron chi connectivity index (χ4n) is 5.73. The lowest BCUT2D eigenvalue weighted by atomic mass is 10.0. The number of hydrogen-bond donors (Lipinski definition) is 11. The monoisotopic (exact) mass is 736 g/mol. The summed E-state index contributed by atoms with van der Waals surface area (Å²) in [6, 6.07) is -6.92. The molecule has 6 atom stereocenters. The first-order chi connectivity index (χ1) is 24.7. The van der Waals surface area contributed by atoms with E-state index in [2.05, 4.69) is 36.2 Å². The first kappa shape index (κ1) is 43.3. The summed E-state index contributed by atoms with van der Waals surface area (Å²) in [6.07, 6.45) is 5.15. The van der Waals surface area contributed by atoms with E-state index in [1.165, 1.54) is 17.4 Å². The summed E-state index contributed by atoms with van der Waals surface area (Å²) in [5.41, 5.74) is 22.7. The van der Waals surface area contributed by atoms with Crippen LogP contribution in [0.3, 0.4) is 0 Å². The molecule has 1 aliphatic heterocycles. The second kappa shape index (κ2) is 22.2. The number of nitrogens with two attached hydrogens (primary N) is 4. The summed E-state index contributed by atoms with van der Waals surface area (Å²) in [4.78, 5) is 91.0. The Labute approximate surface area is 302 Å². The number of hydrogen-bond acceptors (Lipinski definition) is 11. The normalized spacial score (nSPS) is 17.0. The minimum absolute atomic E-state index is 0.0371. The molecule has 0 saturated carbocycles. The molecule has 1 aliphatic rings. The molecule has 2 rings (SSSR count). The van der Waals surface area contributed by atoms with Gasteiger partial charge in [-0.05, 0) is 63.8 Å². The number of imidazole rings is 1. The lowest BCUT2D eigenvalue weighted by Crippen LogP contribution is -2.59. The smallest absolute Gasteiger partial charge is 0.326 e. The van der Waals surface area contributed by atoms with E-state index in [1.807, 2.05) is 13.8 Å². The van der Waals surface area contributed by atoms with Crippen molar-refractivity contribution in [3.05, 3.63) is 18.2 Å². The Morgan fingerprint density at radius 2 is 1.58 bits per heavy atom. The molecule has 0 bridgehead atoms. The summed E-state index contributed by atoms with van der Waals surface area (Å²) < 4.78 is 0. The van der Waals surface area contributed by atoms with Crippen LogP contribution in [0.4, 0.5) is 0 Å². The number of aliphatic hydroxyl groups is 1. The van der Waals surface area contributed by atoms with Gasteiger partial charge in [0, 0.05) is 31.4 Å². The van der Waals surface area contributed by atoms with Gasteiger partial charge in [0.1, 0.15) is 36.3 Å². The molecule has 1 aromatic heterocycles. The highest BCUT2D eigenvalue weighted by atomic mass is 16.4. The van der Waals surface area contributed by atoms with E-state index in [-0.39, 0.29) is 57.1 Å². The van der Waals surface area contributed by atoms with Gasteiger partial charge in [-0.1, -0.05) is 13.8 Å². The number of aliphatic imine (C=N–C) groups is 1. The number of rotatable bonds is 23. The van der Waals surface area contributed by atoms with Crippen LogP contribution in [0.2, 0.25) is 0 Å². The molecule has 20 heteroatoms. The van der Waals surface area contributed by atoms with Gasteiger partial charge < -0.3 is 64.3 Å². The number of aromatic nitrogens is 2. The number of aromatic amines is 1. The maximum Gasteiger partial charge on any atom is 0.326 e. The number of carbonyl (C=O) groups is 6. The molecule has 5 amide bonds. The second-order valence-electron chi connectivity index (χ2n) is 13.2. The van der Waals surface area contributed by atoms with Crippen LogP contribution in [0.25, 0.3) is 0 Å². The standard InChI is InChI=1S/C32H56N12O8/c1-18(2)13-23(42-29(49)25-9-6-12-44(25)30(50)20(34)16-45)28(48)41-22(8-5-11-38-32(35)36)26(46)40-21(7-3-4-10-33)27(47)43-24(31(51)52)14-19-15-37-17-39-19/h15,17-18,20-25,45H,3-14,16,33-34H2,1-2H3,(H,37,39)(H,40,46)(H,41,48)(H,42,49)(H,43,47)(H,51,52)(H4,35,36,38)/t20-,21-,22-,23-,24-,25-/m0/s1. The van der Waals surface area contributed by atoms with E-state index in [4.69, 9.17) is 22.9 Å². The molecule has 292 valence electrons. The molecule has 15 N–H and O–H groups in total. The molecule has 0 aromatic carbocycles. The van der Waals surface area contributed by atoms with Crippen LogP contribution >= 0.6 is 0 Å². The molecule has 0 radical (unpaired) electrons. The zero-order valence-electron chi connectivity index (χ0n) is 29.9. The number of carboxylic acids is 1. The van der Waals surface area contributed by atoms with Crippen molar-refractivity contribution >= 4 is 41.5 Å². The molecular weight excluding hydrogens is 680 g/mol. The molecule has 52 heavy (non-hydrogen) atoms. The number of carbonyl (C=O) groups excluding carboxylic acids is 5. The summed E-state index contributed by atoms with van der Waals surface area (Å²) >= 11 is 0. The Morgan fingerprint density at radius 3 is 2.12 bits per heavy atom. The first-order valence-corrected chi connectivity index (χ1v) is 17.5. The number of H-pyrrole nitrogens is 1. The van der Waals surface area contributed by atoms with Gasteiger partial charge in [-0.25, -0.2) is 9.78 Å². The Balaban J connectivity index is 2.28. The topological polar surface area (TPSA) is 339 Å². The first-order valence-electron chi connectivity index (χ1n) is 17.5. The van der Waals surface area contributed by atoms with Crippen LogP contribution in [-0.2, 0) is 35.2 Å². The molecule has 20 nitrogen and oxygen atoms in total. The summed E-state index contributed by atoms with van der Waals surface area (Å²) in [5, 5.41) is 29.7. The zero-order chi connectivity index (χ0) is 38.8. The molecule has 1 saturated heterocycles. The summed E-state index contributed by atoms with van der Waals surface area (Å²) in [5.74, 6) is -4.84. The number of amides is 5. The van der Waals surface area contributed by atoms with E-state index in [9.17, 15) is 39.0 Å². The van der Waals surface area contributed by atoms with Gasteiger partial charge in [-0.15, -0.1) is 0 Å². The molecule has 0 aliphatic carbocycles. The lowest BCUT2D eigenvalue weighted by molar-refractivity contribution is -0.142. The average molecular weight is 737 g/mol. The van der Waals surface area contributed by atoms with Crippen LogP contribution in [0.5, 0.6) is 0 Å². The Hall–Kier alpha value is -4.82. The summed E-state index contributed by atoms with van der Waals surface area (Å²) in [6.45, 7) is 3.82. The Kier molecular flexibility index (Phi) is 18.5. The third kappa shape index (κ3) is 14.4. The van der Waals surface area contributed by atoms with Gasteiger partial charge in [-0.2, -0.15) is 0 Å². The van der Waals surface area contributed by atoms with E-state index < -0.39 is 78.4 Å². The van der Waals surface area contributed by atoms with Crippen molar-refractivity contribution in [3.63, 3.8) is 0 Å². The van der Waals surface area contributed by atoms with Crippen LogP contribution in [0.1, 0.15) is 70.9 Å². The van der Waals surface area contributed by atoms with Crippen LogP contribution in [0.15, 0.2) is 17.5 Å².